The topological polar surface area (TPSA) is 117 Å². The summed E-state index contributed by atoms with van der Waals surface area (Å²) in [5, 5.41) is 18.9. The number of carbonyl (C=O) groups excluding carboxylic acids is 3. The highest BCUT2D eigenvalue weighted by Crippen LogP contribution is 2.32. The van der Waals surface area contributed by atoms with Gasteiger partial charge in [0, 0.05) is 13.1 Å². The van der Waals surface area contributed by atoms with Crippen LogP contribution < -0.4 is 20.7 Å². The molecule has 1 aliphatic carbocycles. The van der Waals surface area contributed by atoms with Gasteiger partial charge in [0.25, 0.3) is 0 Å². The molecule has 4 N–H and O–H groups in total. The second-order valence-electron chi connectivity index (χ2n) is 13.3. The molecule has 1 saturated carbocycles. The fourth-order valence-electron chi connectivity index (χ4n) is 5.98. The Balaban J connectivity index is 0.000000743. The first-order chi connectivity index (χ1) is 22.5. The smallest absolute Gasteiger partial charge is 0.239 e. The van der Waals surface area contributed by atoms with Crippen LogP contribution in [0.25, 0.3) is 0 Å². The zero-order chi connectivity index (χ0) is 34.8. The SMILES string of the molecule is CC.CC(=O)C(NCC1CCc2cccc(CCCNC(=O)CNC(=O)C(C)C(C)(C)O)c2O1)C1CCCCC1.Cc1ccccc1. The predicted molar refractivity (Wildman–Crippen MR) is 191 cm³/mol. The molecule has 2 amide bonds. The Morgan fingerprint density at radius 2 is 1.64 bits per heavy atom. The monoisotopic (exact) mass is 651 g/mol. The van der Waals surface area contributed by atoms with E-state index in [0.29, 0.717) is 19.0 Å². The molecule has 1 heterocycles. The van der Waals surface area contributed by atoms with Gasteiger partial charge in [-0.3, -0.25) is 14.4 Å². The van der Waals surface area contributed by atoms with Crippen molar-refractivity contribution >= 4 is 17.6 Å². The number of aryl methyl sites for hydroxylation is 3. The Kier molecular flexibility index (Phi) is 17.8. The Bertz CT molecular complexity index is 1220. The molecular formula is C39H61N3O5. The number of fused-ring (bicyclic) bond motifs is 1. The van der Waals surface area contributed by atoms with Crippen molar-refractivity contribution in [2.75, 3.05) is 19.6 Å². The molecule has 0 bridgehead atoms. The fraction of sp³-hybridized carbons (Fsp3) is 0.615. The molecule has 8 heteroatoms. The van der Waals surface area contributed by atoms with Crippen LogP contribution in [0.4, 0.5) is 0 Å². The van der Waals surface area contributed by atoms with Gasteiger partial charge in [-0.15, -0.1) is 0 Å². The van der Waals surface area contributed by atoms with Crippen LogP contribution in [0.15, 0.2) is 48.5 Å². The van der Waals surface area contributed by atoms with Gasteiger partial charge < -0.3 is 25.8 Å². The lowest BCUT2D eigenvalue weighted by molar-refractivity contribution is -0.133. The molecule has 3 unspecified atom stereocenters. The maximum atomic E-state index is 12.3. The number of Topliss-reactive ketones (excluding diaryl/α,β-unsaturated/α-hetero) is 1. The van der Waals surface area contributed by atoms with Crippen molar-refractivity contribution in [1.29, 1.82) is 0 Å². The van der Waals surface area contributed by atoms with Crippen LogP contribution in [0, 0.1) is 18.8 Å². The minimum atomic E-state index is -1.14. The van der Waals surface area contributed by atoms with Gasteiger partial charge in [0.15, 0.2) is 0 Å². The molecule has 3 atom stereocenters. The summed E-state index contributed by atoms with van der Waals surface area (Å²) < 4.78 is 6.44. The first-order valence-corrected chi connectivity index (χ1v) is 17.8. The number of amides is 2. The number of carbonyl (C=O) groups is 3. The molecular weight excluding hydrogens is 590 g/mol. The van der Waals surface area contributed by atoms with E-state index < -0.39 is 11.5 Å². The normalized spacial score (nSPS) is 17.2. The molecule has 1 aliphatic heterocycles. The van der Waals surface area contributed by atoms with Gasteiger partial charge >= 0.3 is 0 Å². The van der Waals surface area contributed by atoms with Crippen molar-refractivity contribution in [2.24, 2.45) is 11.8 Å². The van der Waals surface area contributed by atoms with Crippen LogP contribution in [0.3, 0.4) is 0 Å². The molecule has 262 valence electrons. The molecule has 1 fully saturated rings. The Morgan fingerprint density at radius 3 is 2.23 bits per heavy atom. The summed E-state index contributed by atoms with van der Waals surface area (Å²) in [7, 11) is 0. The summed E-state index contributed by atoms with van der Waals surface area (Å²) in [6, 6.07) is 16.4. The molecule has 2 aromatic carbocycles. The fourth-order valence-corrected chi connectivity index (χ4v) is 5.98. The van der Waals surface area contributed by atoms with Gasteiger partial charge in [0.1, 0.15) is 17.6 Å². The maximum absolute atomic E-state index is 12.3. The third-order valence-corrected chi connectivity index (χ3v) is 9.08. The van der Waals surface area contributed by atoms with E-state index in [1.165, 1.54) is 30.4 Å². The summed E-state index contributed by atoms with van der Waals surface area (Å²) in [4.78, 5) is 36.6. The number of rotatable bonds is 13. The molecule has 0 spiro atoms. The van der Waals surface area contributed by atoms with Gasteiger partial charge in [0.05, 0.1) is 24.1 Å². The number of hydrogen-bond donors (Lipinski definition) is 4. The predicted octanol–water partition coefficient (Wildman–Crippen LogP) is 6.10. The average Bonchev–Trinajstić information content (AvgIpc) is 3.07. The lowest BCUT2D eigenvalue weighted by Crippen LogP contribution is -2.47. The Labute approximate surface area is 283 Å². The van der Waals surface area contributed by atoms with Crippen LogP contribution >= 0.6 is 0 Å². The zero-order valence-electron chi connectivity index (χ0n) is 30.0. The van der Waals surface area contributed by atoms with E-state index in [-0.39, 0.29) is 36.3 Å². The van der Waals surface area contributed by atoms with Crippen molar-refractivity contribution in [3.8, 4) is 5.75 Å². The van der Waals surface area contributed by atoms with Crippen molar-refractivity contribution in [3.05, 3.63) is 65.2 Å². The average molecular weight is 652 g/mol. The molecule has 0 radical (unpaired) electrons. The molecule has 8 nitrogen and oxygen atoms in total. The van der Waals surface area contributed by atoms with Gasteiger partial charge in [0.2, 0.25) is 11.8 Å². The number of nitrogens with one attached hydrogen (secondary N) is 3. The van der Waals surface area contributed by atoms with E-state index in [0.717, 1.165) is 49.8 Å². The third-order valence-electron chi connectivity index (χ3n) is 9.08. The minimum absolute atomic E-state index is 0.0312. The maximum Gasteiger partial charge on any atom is 0.239 e. The van der Waals surface area contributed by atoms with Gasteiger partial charge in [-0.2, -0.15) is 0 Å². The molecule has 2 aliphatic rings. The van der Waals surface area contributed by atoms with Crippen LogP contribution in [-0.4, -0.2) is 60.1 Å². The number of aliphatic hydroxyl groups is 1. The first kappa shape index (κ1) is 39.9. The number of para-hydroxylation sites is 1. The van der Waals surface area contributed by atoms with Crippen molar-refractivity contribution < 1.29 is 24.2 Å². The van der Waals surface area contributed by atoms with Gasteiger partial charge in [-0.05, 0) is 83.3 Å². The molecule has 47 heavy (non-hydrogen) atoms. The quantitative estimate of drug-likeness (QED) is 0.195. The third kappa shape index (κ3) is 14.2. The summed E-state index contributed by atoms with van der Waals surface area (Å²) in [6.07, 6.45) is 9.36. The Morgan fingerprint density at radius 1 is 0.957 bits per heavy atom. The molecule has 2 aromatic rings. The highest BCUT2D eigenvalue weighted by molar-refractivity contribution is 5.86. The minimum Gasteiger partial charge on any atom is -0.489 e. The van der Waals surface area contributed by atoms with E-state index >= 15 is 0 Å². The molecule has 4 rings (SSSR count). The summed E-state index contributed by atoms with van der Waals surface area (Å²) >= 11 is 0. The van der Waals surface area contributed by atoms with Crippen molar-refractivity contribution in [2.45, 2.75) is 124 Å². The largest absolute Gasteiger partial charge is 0.489 e. The van der Waals surface area contributed by atoms with E-state index in [2.05, 4.69) is 53.2 Å². The highest BCUT2D eigenvalue weighted by Gasteiger charge is 2.30. The van der Waals surface area contributed by atoms with Crippen LogP contribution in [0.2, 0.25) is 0 Å². The van der Waals surface area contributed by atoms with E-state index in [1.807, 2.05) is 32.0 Å². The van der Waals surface area contributed by atoms with Crippen LogP contribution in [-0.2, 0) is 27.2 Å². The van der Waals surface area contributed by atoms with Crippen molar-refractivity contribution in [1.82, 2.24) is 16.0 Å². The zero-order valence-corrected chi connectivity index (χ0v) is 30.0. The van der Waals surface area contributed by atoms with E-state index in [1.54, 1.807) is 27.7 Å². The number of hydrogen-bond acceptors (Lipinski definition) is 6. The number of ether oxygens (including phenoxy) is 1. The van der Waals surface area contributed by atoms with Crippen LogP contribution in [0.1, 0.15) is 103 Å². The first-order valence-electron chi connectivity index (χ1n) is 17.8. The van der Waals surface area contributed by atoms with Crippen molar-refractivity contribution in [3.63, 3.8) is 0 Å². The van der Waals surface area contributed by atoms with Crippen LogP contribution in [0.5, 0.6) is 5.75 Å². The van der Waals surface area contributed by atoms with Gasteiger partial charge in [-0.25, -0.2) is 0 Å². The molecule has 0 saturated heterocycles. The number of ketones is 1. The van der Waals surface area contributed by atoms with E-state index in [9.17, 15) is 19.5 Å². The Hall–Kier alpha value is -3.23. The molecule has 0 aromatic heterocycles. The second-order valence-corrected chi connectivity index (χ2v) is 13.3. The lowest BCUT2D eigenvalue weighted by atomic mass is 9.82. The summed E-state index contributed by atoms with van der Waals surface area (Å²) in [5.41, 5.74) is 2.52. The summed E-state index contributed by atoms with van der Waals surface area (Å²) in [5.74, 6) is 0.388. The standard InChI is InChI=1S/C30H47N3O5.C7H8.C2H6/c1-20(30(3,4)37)29(36)33-19-26(35)31-17-9-14-23-12-8-13-24-15-16-25(38-28(23)24)18-32-27(21(2)34)22-10-6-5-7-11-22;1-7-5-3-2-4-6-7;1-2/h8,12-13,20,22,25,27,32,37H,5-7,9-11,14-19H2,1-4H3,(H,31,35)(H,33,36);2-6H,1H3;1-2H3. The lowest BCUT2D eigenvalue weighted by Gasteiger charge is -2.33. The highest BCUT2D eigenvalue weighted by atomic mass is 16.5. The summed E-state index contributed by atoms with van der Waals surface area (Å²) in [6.45, 7) is 13.6. The second kappa shape index (κ2) is 20.9. The van der Waals surface area contributed by atoms with E-state index in [4.69, 9.17) is 4.74 Å². The number of benzene rings is 2. The van der Waals surface area contributed by atoms with Gasteiger partial charge in [-0.1, -0.05) is 94.1 Å².